The van der Waals surface area contributed by atoms with Crippen molar-refractivity contribution in [3.8, 4) is 16.9 Å². The molecule has 0 saturated carbocycles. The molecule has 1 fully saturated rings. The minimum absolute atomic E-state index is 0.0615. The van der Waals surface area contributed by atoms with E-state index < -0.39 is 0 Å². The molecule has 0 radical (unpaired) electrons. The lowest BCUT2D eigenvalue weighted by atomic mass is 10.0. The van der Waals surface area contributed by atoms with E-state index in [1.807, 2.05) is 0 Å². The lowest BCUT2D eigenvalue weighted by Crippen LogP contribution is -2.41. The average Bonchev–Trinajstić information content (AvgIpc) is 2.75. The second-order valence-corrected chi connectivity index (χ2v) is 6.91. The molecule has 0 atom stereocenters. The molecule has 1 amide bonds. The minimum atomic E-state index is -0.316. The highest BCUT2D eigenvalue weighted by Gasteiger charge is 2.12. The van der Waals surface area contributed by atoms with Crippen LogP contribution >= 0.6 is 0 Å². The number of aromatic amines is 1. The van der Waals surface area contributed by atoms with Crippen LogP contribution in [-0.2, 0) is 4.74 Å². The van der Waals surface area contributed by atoms with Crippen molar-refractivity contribution >= 4 is 16.8 Å². The number of amides is 1. The van der Waals surface area contributed by atoms with Gasteiger partial charge in [0.1, 0.15) is 11.3 Å². The molecular formula is C21H22N4O4. The van der Waals surface area contributed by atoms with Crippen molar-refractivity contribution in [2.45, 2.75) is 0 Å². The summed E-state index contributed by atoms with van der Waals surface area (Å²) in [4.78, 5) is 33.1. The van der Waals surface area contributed by atoms with Gasteiger partial charge in [-0.05, 0) is 35.4 Å². The number of morpholine rings is 1. The third-order valence-corrected chi connectivity index (χ3v) is 5.02. The standard InChI is InChI=1S/C21H22N4O4/c26-18-12-16(11-17-19(18)23-13-24-21(17)28)14-1-3-15(4-2-14)20(27)22-5-6-25-7-9-29-10-8-25/h1-4,11-13,26H,5-10H2,(H,22,27)(H,23,24,28). The van der Waals surface area contributed by atoms with Crippen molar-refractivity contribution in [3.05, 3.63) is 58.6 Å². The SMILES string of the molecule is O=C(NCCN1CCOCC1)c1ccc(-c2cc(O)c3nc[nH]c(=O)c3c2)cc1. The zero-order valence-electron chi connectivity index (χ0n) is 15.9. The van der Waals surface area contributed by atoms with E-state index in [1.54, 1.807) is 36.4 Å². The van der Waals surface area contributed by atoms with Crippen LogP contribution in [0.1, 0.15) is 10.4 Å². The molecule has 0 bridgehead atoms. The fourth-order valence-electron chi connectivity index (χ4n) is 3.40. The van der Waals surface area contributed by atoms with E-state index in [0.717, 1.165) is 38.4 Å². The van der Waals surface area contributed by atoms with Crippen LogP contribution in [-0.4, -0.2) is 65.3 Å². The molecule has 2 heterocycles. The minimum Gasteiger partial charge on any atom is -0.506 e. The summed E-state index contributed by atoms with van der Waals surface area (Å²) in [6, 6.07) is 10.3. The molecule has 8 heteroatoms. The Bertz CT molecular complexity index is 1070. The summed E-state index contributed by atoms with van der Waals surface area (Å²) >= 11 is 0. The molecule has 0 aliphatic carbocycles. The number of fused-ring (bicyclic) bond motifs is 1. The molecule has 0 spiro atoms. The van der Waals surface area contributed by atoms with Crippen molar-refractivity contribution < 1.29 is 14.6 Å². The second-order valence-electron chi connectivity index (χ2n) is 6.91. The molecule has 29 heavy (non-hydrogen) atoms. The number of phenolic OH excluding ortho intramolecular Hbond substituents is 1. The maximum Gasteiger partial charge on any atom is 0.258 e. The number of hydrogen-bond donors (Lipinski definition) is 3. The molecule has 1 aliphatic heterocycles. The number of rotatable bonds is 5. The molecule has 4 rings (SSSR count). The first-order valence-electron chi connectivity index (χ1n) is 9.51. The molecule has 150 valence electrons. The van der Waals surface area contributed by atoms with E-state index in [4.69, 9.17) is 4.74 Å². The van der Waals surface area contributed by atoms with Gasteiger partial charge in [-0.3, -0.25) is 14.5 Å². The second kappa shape index (κ2) is 8.42. The summed E-state index contributed by atoms with van der Waals surface area (Å²) in [7, 11) is 0. The molecular weight excluding hydrogens is 372 g/mol. The van der Waals surface area contributed by atoms with Gasteiger partial charge < -0.3 is 20.1 Å². The molecule has 1 saturated heterocycles. The lowest BCUT2D eigenvalue weighted by Gasteiger charge is -2.26. The van der Waals surface area contributed by atoms with Crippen LogP contribution in [0.3, 0.4) is 0 Å². The van der Waals surface area contributed by atoms with Crippen LogP contribution in [0.25, 0.3) is 22.0 Å². The zero-order chi connectivity index (χ0) is 20.2. The van der Waals surface area contributed by atoms with E-state index in [2.05, 4.69) is 20.2 Å². The number of carbonyl (C=O) groups excluding carboxylic acids is 1. The summed E-state index contributed by atoms with van der Waals surface area (Å²) in [6.45, 7) is 4.63. The monoisotopic (exact) mass is 394 g/mol. The van der Waals surface area contributed by atoms with Crippen LogP contribution < -0.4 is 10.9 Å². The van der Waals surface area contributed by atoms with Gasteiger partial charge in [0.2, 0.25) is 0 Å². The number of aromatic hydroxyl groups is 1. The number of H-pyrrole nitrogens is 1. The smallest absolute Gasteiger partial charge is 0.258 e. The molecule has 1 aromatic heterocycles. The number of nitrogens with one attached hydrogen (secondary N) is 2. The summed E-state index contributed by atoms with van der Waals surface area (Å²) in [5, 5.41) is 13.4. The largest absolute Gasteiger partial charge is 0.506 e. The Balaban J connectivity index is 1.45. The Hall–Kier alpha value is -3.23. The average molecular weight is 394 g/mol. The topological polar surface area (TPSA) is 108 Å². The van der Waals surface area contributed by atoms with Crippen LogP contribution in [0, 0.1) is 0 Å². The third kappa shape index (κ3) is 4.28. The van der Waals surface area contributed by atoms with Crippen molar-refractivity contribution in [2.24, 2.45) is 0 Å². The highest BCUT2D eigenvalue weighted by molar-refractivity contribution is 5.95. The van der Waals surface area contributed by atoms with Gasteiger partial charge in [-0.25, -0.2) is 4.98 Å². The first-order valence-corrected chi connectivity index (χ1v) is 9.51. The van der Waals surface area contributed by atoms with Gasteiger partial charge >= 0.3 is 0 Å². The Labute approximate surface area is 167 Å². The van der Waals surface area contributed by atoms with Gasteiger partial charge in [-0.2, -0.15) is 0 Å². The number of carbonyl (C=O) groups is 1. The summed E-state index contributed by atoms with van der Waals surface area (Å²) in [5.41, 5.74) is 1.96. The molecule has 0 unspecified atom stereocenters. The van der Waals surface area contributed by atoms with Crippen molar-refractivity contribution in [1.82, 2.24) is 20.2 Å². The summed E-state index contributed by atoms with van der Waals surface area (Å²) < 4.78 is 5.31. The molecule has 1 aliphatic rings. The number of nitrogens with zero attached hydrogens (tertiary/aromatic N) is 2. The Morgan fingerprint density at radius 2 is 1.93 bits per heavy atom. The van der Waals surface area contributed by atoms with Gasteiger partial charge in [0, 0.05) is 31.7 Å². The van der Waals surface area contributed by atoms with Gasteiger partial charge in [0.15, 0.2) is 0 Å². The van der Waals surface area contributed by atoms with Gasteiger partial charge in [-0.15, -0.1) is 0 Å². The quantitative estimate of drug-likeness (QED) is 0.603. The Kier molecular flexibility index (Phi) is 5.55. The molecule has 3 N–H and O–H groups in total. The fraction of sp³-hybridized carbons (Fsp3) is 0.286. The molecule has 2 aromatic carbocycles. The zero-order valence-corrected chi connectivity index (χ0v) is 15.9. The Morgan fingerprint density at radius 3 is 2.69 bits per heavy atom. The van der Waals surface area contributed by atoms with Crippen LogP contribution in [0.5, 0.6) is 5.75 Å². The lowest BCUT2D eigenvalue weighted by molar-refractivity contribution is 0.0383. The van der Waals surface area contributed by atoms with Crippen molar-refractivity contribution in [2.75, 3.05) is 39.4 Å². The highest BCUT2D eigenvalue weighted by atomic mass is 16.5. The van der Waals surface area contributed by atoms with E-state index in [9.17, 15) is 14.7 Å². The van der Waals surface area contributed by atoms with Crippen LogP contribution in [0.15, 0.2) is 47.5 Å². The van der Waals surface area contributed by atoms with Crippen LogP contribution in [0.4, 0.5) is 0 Å². The van der Waals surface area contributed by atoms with Crippen LogP contribution in [0.2, 0.25) is 0 Å². The number of aromatic nitrogens is 2. The van der Waals surface area contributed by atoms with Gasteiger partial charge in [-0.1, -0.05) is 12.1 Å². The van der Waals surface area contributed by atoms with E-state index in [-0.39, 0.29) is 22.7 Å². The third-order valence-electron chi connectivity index (χ3n) is 5.02. The maximum absolute atomic E-state index is 12.4. The van der Waals surface area contributed by atoms with Crippen molar-refractivity contribution in [1.29, 1.82) is 0 Å². The first-order chi connectivity index (χ1) is 14.1. The maximum atomic E-state index is 12.4. The number of benzene rings is 2. The highest BCUT2D eigenvalue weighted by Crippen LogP contribution is 2.29. The predicted molar refractivity (Wildman–Crippen MR) is 109 cm³/mol. The van der Waals surface area contributed by atoms with Gasteiger partial charge in [0.05, 0.1) is 24.9 Å². The number of hydrogen-bond acceptors (Lipinski definition) is 6. The molecule has 3 aromatic rings. The van der Waals surface area contributed by atoms with E-state index >= 15 is 0 Å². The summed E-state index contributed by atoms with van der Waals surface area (Å²) in [5.74, 6) is -0.194. The number of phenols is 1. The molecule has 8 nitrogen and oxygen atoms in total. The normalized spacial score (nSPS) is 14.8. The van der Waals surface area contributed by atoms with Crippen molar-refractivity contribution in [3.63, 3.8) is 0 Å². The van der Waals surface area contributed by atoms with E-state index in [0.29, 0.717) is 23.1 Å². The number of ether oxygens (including phenoxy) is 1. The van der Waals surface area contributed by atoms with Gasteiger partial charge in [0.25, 0.3) is 11.5 Å². The first kappa shape index (κ1) is 19.1. The predicted octanol–water partition coefficient (Wildman–Crippen LogP) is 1.36. The van der Waals surface area contributed by atoms with E-state index in [1.165, 1.54) is 6.33 Å². The Morgan fingerprint density at radius 1 is 1.17 bits per heavy atom. The fourth-order valence-corrected chi connectivity index (χ4v) is 3.40. The summed E-state index contributed by atoms with van der Waals surface area (Å²) in [6.07, 6.45) is 1.26.